The number of halogens is 1. The zero-order valence-corrected chi connectivity index (χ0v) is 12.9. The van der Waals surface area contributed by atoms with Gasteiger partial charge in [-0.2, -0.15) is 0 Å². The van der Waals surface area contributed by atoms with Crippen LogP contribution in [0, 0.1) is 6.92 Å². The van der Waals surface area contributed by atoms with Gasteiger partial charge in [-0.05, 0) is 48.7 Å². The summed E-state index contributed by atoms with van der Waals surface area (Å²) in [6, 6.07) is 12.0. The molecule has 0 aliphatic rings. The van der Waals surface area contributed by atoms with Gasteiger partial charge in [0.1, 0.15) is 0 Å². The third kappa shape index (κ3) is 4.33. The van der Waals surface area contributed by atoms with Crippen LogP contribution in [0.25, 0.3) is 0 Å². The van der Waals surface area contributed by atoms with Gasteiger partial charge in [-0.1, -0.05) is 29.8 Å². The minimum absolute atomic E-state index is 0.149. The molecule has 114 valence electrons. The molecule has 0 atom stereocenters. The summed E-state index contributed by atoms with van der Waals surface area (Å²) in [4.78, 5) is 23.0. The van der Waals surface area contributed by atoms with Gasteiger partial charge >= 0.3 is 5.97 Å². The maximum atomic E-state index is 12.0. The molecule has 0 bridgehead atoms. The molecule has 5 heteroatoms. The number of aromatic carboxylic acids is 1. The van der Waals surface area contributed by atoms with E-state index in [4.69, 9.17) is 16.7 Å². The molecule has 0 fully saturated rings. The predicted octanol–water partition coefficient (Wildman–Crippen LogP) is 3.92. The Labute approximate surface area is 133 Å². The summed E-state index contributed by atoms with van der Waals surface area (Å²) in [5, 5.41) is 12.4. The lowest BCUT2D eigenvalue weighted by atomic mass is 10.1. The van der Waals surface area contributed by atoms with Crippen molar-refractivity contribution in [1.29, 1.82) is 0 Å². The standard InChI is InChI=1S/C17H16ClNO3/c1-11-5-7-13(17(21)22)10-15(11)19-16(20)8-6-12-3-2-4-14(18)9-12/h2-5,7,9-10H,6,8H2,1H3,(H,19,20)(H,21,22). The summed E-state index contributed by atoms with van der Waals surface area (Å²) in [6.07, 6.45) is 0.876. The molecular weight excluding hydrogens is 302 g/mol. The lowest BCUT2D eigenvalue weighted by molar-refractivity contribution is -0.116. The molecule has 0 aliphatic carbocycles. The normalized spacial score (nSPS) is 10.3. The van der Waals surface area contributed by atoms with E-state index in [9.17, 15) is 9.59 Å². The number of hydrogen-bond acceptors (Lipinski definition) is 2. The van der Waals surface area contributed by atoms with E-state index in [-0.39, 0.29) is 11.5 Å². The highest BCUT2D eigenvalue weighted by Crippen LogP contribution is 2.18. The van der Waals surface area contributed by atoms with Gasteiger partial charge in [0.2, 0.25) is 5.91 Å². The van der Waals surface area contributed by atoms with E-state index < -0.39 is 5.97 Å². The van der Waals surface area contributed by atoms with Crippen molar-refractivity contribution in [1.82, 2.24) is 0 Å². The van der Waals surface area contributed by atoms with Crippen molar-refractivity contribution >= 4 is 29.2 Å². The molecular formula is C17H16ClNO3. The van der Waals surface area contributed by atoms with Crippen LogP contribution in [0.2, 0.25) is 5.02 Å². The van der Waals surface area contributed by atoms with Crippen LogP contribution in [0.1, 0.15) is 27.9 Å². The number of carboxylic acids is 1. The third-order valence-corrected chi connectivity index (χ3v) is 3.52. The summed E-state index contributed by atoms with van der Waals surface area (Å²) in [5.74, 6) is -1.18. The molecule has 0 saturated heterocycles. The lowest BCUT2D eigenvalue weighted by Crippen LogP contribution is -2.14. The van der Waals surface area contributed by atoms with Crippen molar-refractivity contribution in [3.8, 4) is 0 Å². The Morgan fingerprint density at radius 1 is 1.18 bits per heavy atom. The van der Waals surface area contributed by atoms with Crippen molar-refractivity contribution in [2.75, 3.05) is 5.32 Å². The number of aryl methyl sites for hydroxylation is 2. The number of anilines is 1. The van der Waals surface area contributed by atoms with Crippen molar-refractivity contribution in [2.24, 2.45) is 0 Å². The second kappa shape index (κ2) is 7.09. The molecule has 4 nitrogen and oxygen atoms in total. The molecule has 1 amide bonds. The summed E-state index contributed by atoms with van der Waals surface area (Å²) >= 11 is 5.90. The van der Waals surface area contributed by atoms with Crippen LogP contribution in [0.4, 0.5) is 5.69 Å². The number of carbonyl (C=O) groups excluding carboxylic acids is 1. The Morgan fingerprint density at radius 2 is 1.95 bits per heavy atom. The van der Waals surface area contributed by atoms with Crippen LogP contribution in [0.15, 0.2) is 42.5 Å². The van der Waals surface area contributed by atoms with Crippen molar-refractivity contribution in [3.05, 3.63) is 64.2 Å². The molecule has 0 aliphatic heterocycles. The van der Waals surface area contributed by atoms with Gasteiger partial charge in [0.25, 0.3) is 0 Å². The molecule has 0 radical (unpaired) electrons. The Kier molecular flexibility index (Phi) is 5.17. The van der Waals surface area contributed by atoms with Crippen molar-refractivity contribution < 1.29 is 14.7 Å². The molecule has 0 aromatic heterocycles. The number of rotatable bonds is 5. The second-order valence-electron chi connectivity index (χ2n) is 5.01. The Hall–Kier alpha value is -2.33. The summed E-state index contributed by atoms with van der Waals surface area (Å²) in [6.45, 7) is 1.82. The molecule has 0 saturated carbocycles. The van der Waals surface area contributed by atoms with Gasteiger partial charge in [-0.25, -0.2) is 4.79 Å². The van der Waals surface area contributed by atoms with E-state index in [0.717, 1.165) is 11.1 Å². The first kappa shape index (κ1) is 16.0. The number of hydrogen-bond donors (Lipinski definition) is 2. The van der Waals surface area contributed by atoms with Gasteiger partial charge < -0.3 is 10.4 Å². The first-order valence-electron chi connectivity index (χ1n) is 6.84. The first-order valence-corrected chi connectivity index (χ1v) is 7.22. The van der Waals surface area contributed by atoms with E-state index in [2.05, 4.69) is 5.32 Å². The fraction of sp³-hybridized carbons (Fsp3) is 0.176. The van der Waals surface area contributed by atoms with E-state index in [1.807, 2.05) is 25.1 Å². The van der Waals surface area contributed by atoms with Gasteiger partial charge in [-0.3, -0.25) is 4.79 Å². The quantitative estimate of drug-likeness (QED) is 0.878. The lowest BCUT2D eigenvalue weighted by Gasteiger charge is -2.09. The summed E-state index contributed by atoms with van der Waals surface area (Å²) in [7, 11) is 0. The number of carbonyl (C=O) groups is 2. The van der Waals surface area contributed by atoms with E-state index >= 15 is 0 Å². The largest absolute Gasteiger partial charge is 0.478 e. The van der Waals surface area contributed by atoms with Crippen molar-refractivity contribution in [3.63, 3.8) is 0 Å². The molecule has 22 heavy (non-hydrogen) atoms. The molecule has 2 aromatic rings. The fourth-order valence-corrected chi connectivity index (χ4v) is 2.27. The highest BCUT2D eigenvalue weighted by Gasteiger charge is 2.09. The highest BCUT2D eigenvalue weighted by atomic mass is 35.5. The van der Waals surface area contributed by atoms with E-state index in [1.165, 1.54) is 12.1 Å². The molecule has 2 rings (SSSR count). The van der Waals surface area contributed by atoms with Crippen LogP contribution in [-0.2, 0) is 11.2 Å². The van der Waals surface area contributed by atoms with Crippen LogP contribution in [0.3, 0.4) is 0 Å². The highest BCUT2D eigenvalue weighted by molar-refractivity contribution is 6.30. The number of nitrogens with one attached hydrogen (secondary N) is 1. The van der Waals surface area contributed by atoms with Gasteiger partial charge in [-0.15, -0.1) is 0 Å². The SMILES string of the molecule is Cc1ccc(C(=O)O)cc1NC(=O)CCc1cccc(Cl)c1. The Morgan fingerprint density at radius 3 is 2.64 bits per heavy atom. The number of benzene rings is 2. The average Bonchev–Trinajstić information content (AvgIpc) is 2.47. The summed E-state index contributed by atoms with van der Waals surface area (Å²) < 4.78 is 0. The predicted molar refractivity (Wildman–Crippen MR) is 86.5 cm³/mol. The monoisotopic (exact) mass is 317 g/mol. The fourth-order valence-electron chi connectivity index (χ4n) is 2.05. The van der Waals surface area contributed by atoms with Gasteiger partial charge in [0, 0.05) is 17.1 Å². The Bertz CT molecular complexity index is 713. The zero-order chi connectivity index (χ0) is 16.1. The third-order valence-electron chi connectivity index (χ3n) is 3.29. The van der Waals surface area contributed by atoms with Crippen LogP contribution in [0.5, 0.6) is 0 Å². The maximum absolute atomic E-state index is 12.0. The topological polar surface area (TPSA) is 66.4 Å². The first-order chi connectivity index (χ1) is 10.5. The smallest absolute Gasteiger partial charge is 0.335 e. The second-order valence-corrected chi connectivity index (χ2v) is 5.45. The number of carboxylic acid groups (broad SMARTS) is 1. The Balaban J connectivity index is 2.00. The molecule has 0 heterocycles. The van der Waals surface area contributed by atoms with Crippen LogP contribution < -0.4 is 5.32 Å². The van der Waals surface area contributed by atoms with Crippen molar-refractivity contribution in [2.45, 2.75) is 19.8 Å². The zero-order valence-electron chi connectivity index (χ0n) is 12.1. The van der Waals surface area contributed by atoms with E-state index in [1.54, 1.807) is 12.1 Å². The molecule has 0 spiro atoms. The molecule has 0 unspecified atom stereocenters. The maximum Gasteiger partial charge on any atom is 0.335 e. The van der Waals surface area contributed by atoms with Gasteiger partial charge in [0.15, 0.2) is 0 Å². The number of amides is 1. The minimum Gasteiger partial charge on any atom is -0.478 e. The molecule has 2 N–H and O–H groups in total. The summed E-state index contributed by atoms with van der Waals surface area (Å²) in [5.41, 5.74) is 2.48. The minimum atomic E-state index is -1.02. The van der Waals surface area contributed by atoms with E-state index in [0.29, 0.717) is 23.6 Å². The van der Waals surface area contributed by atoms with Crippen LogP contribution >= 0.6 is 11.6 Å². The molecule has 2 aromatic carbocycles. The van der Waals surface area contributed by atoms with Crippen LogP contribution in [-0.4, -0.2) is 17.0 Å². The average molecular weight is 318 g/mol. The van der Waals surface area contributed by atoms with Gasteiger partial charge in [0.05, 0.1) is 5.56 Å².